The second-order valence-electron chi connectivity index (χ2n) is 6.21. The van der Waals surface area contributed by atoms with Crippen LogP contribution in [0.5, 0.6) is 0 Å². The quantitative estimate of drug-likeness (QED) is 0.681. The average Bonchev–Trinajstić information content (AvgIpc) is 2.84. The fraction of sp³-hybridized carbons (Fsp3) is 0.167. The molecule has 1 heterocycles. The molecule has 0 unspecified atom stereocenters. The summed E-state index contributed by atoms with van der Waals surface area (Å²) in [5.41, 5.74) is 7.52. The summed E-state index contributed by atoms with van der Waals surface area (Å²) in [7, 11) is -3.93. The number of amides is 1. The molecule has 3 N–H and O–H groups in total. The Labute approximate surface area is 161 Å². The van der Waals surface area contributed by atoms with Gasteiger partial charge in [0, 0.05) is 16.1 Å². The number of aromatic nitrogens is 1. The van der Waals surface area contributed by atoms with E-state index in [1.807, 2.05) is 19.9 Å². The number of nitrogens with one attached hydrogen (secondary N) is 1. The summed E-state index contributed by atoms with van der Waals surface area (Å²) in [6.07, 6.45) is -0.262. The van der Waals surface area contributed by atoms with Crippen molar-refractivity contribution >= 4 is 49.8 Å². The van der Waals surface area contributed by atoms with Crippen molar-refractivity contribution in [3.63, 3.8) is 0 Å². The number of halogens is 2. The van der Waals surface area contributed by atoms with Crippen molar-refractivity contribution in [1.29, 1.82) is 0 Å². The van der Waals surface area contributed by atoms with Gasteiger partial charge in [0.15, 0.2) is 0 Å². The highest BCUT2D eigenvalue weighted by Gasteiger charge is 2.28. The number of hydrogen-bond acceptors (Lipinski definition) is 3. The first kappa shape index (κ1) is 18.8. The zero-order valence-electron chi connectivity index (χ0n) is 14.1. The number of fused-ring (bicyclic) bond motifs is 1. The van der Waals surface area contributed by atoms with E-state index in [0.717, 1.165) is 11.1 Å². The van der Waals surface area contributed by atoms with E-state index in [-0.39, 0.29) is 26.9 Å². The fourth-order valence-corrected chi connectivity index (χ4v) is 5.42. The molecule has 0 atom stereocenters. The molecular weight excluding hydrogens is 395 g/mol. The Hall–Kier alpha value is -2.02. The Morgan fingerprint density at radius 2 is 1.69 bits per heavy atom. The van der Waals surface area contributed by atoms with Gasteiger partial charge in [-0.3, -0.25) is 4.79 Å². The summed E-state index contributed by atoms with van der Waals surface area (Å²) in [5.74, 6) is -0.657. The fourth-order valence-electron chi connectivity index (χ4n) is 3.06. The summed E-state index contributed by atoms with van der Waals surface area (Å²) in [4.78, 5) is 14.5. The molecule has 1 aromatic heterocycles. The lowest BCUT2D eigenvalue weighted by molar-refractivity contribution is -0.117. The van der Waals surface area contributed by atoms with Gasteiger partial charge in [-0.05, 0) is 49.2 Å². The molecule has 26 heavy (non-hydrogen) atoms. The number of H-pyrrole nitrogens is 1. The van der Waals surface area contributed by atoms with Crippen LogP contribution in [0.15, 0.2) is 40.1 Å². The molecule has 0 radical (unpaired) electrons. The highest BCUT2D eigenvalue weighted by molar-refractivity contribution is 7.91. The van der Waals surface area contributed by atoms with Crippen molar-refractivity contribution in [1.82, 2.24) is 4.98 Å². The van der Waals surface area contributed by atoms with Crippen molar-refractivity contribution in [2.45, 2.75) is 30.1 Å². The Kier molecular flexibility index (Phi) is 4.77. The van der Waals surface area contributed by atoms with Crippen molar-refractivity contribution in [3.8, 4) is 0 Å². The maximum atomic E-state index is 13.4. The van der Waals surface area contributed by atoms with Crippen LogP contribution >= 0.6 is 23.2 Å². The molecule has 5 nitrogen and oxygen atoms in total. The lowest BCUT2D eigenvalue weighted by Gasteiger charge is -2.09. The molecule has 1 amide bonds. The lowest BCUT2D eigenvalue weighted by Crippen LogP contribution is -2.16. The van der Waals surface area contributed by atoms with Gasteiger partial charge >= 0.3 is 0 Å². The van der Waals surface area contributed by atoms with Crippen LogP contribution in [-0.4, -0.2) is 19.3 Å². The van der Waals surface area contributed by atoms with Gasteiger partial charge in [0.1, 0.15) is 4.90 Å². The Morgan fingerprint density at radius 3 is 2.27 bits per heavy atom. The third-order valence-electron chi connectivity index (χ3n) is 3.97. The summed E-state index contributed by atoms with van der Waals surface area (Å²) in [6, 6.07) is 8.07. The third kappa shape index (κ3) is 3.32. The van der Waals surface area contributed by atoms with Gasteiger partial charge in [-0.1, -0.05) is 29.3 Å². The monoisotopic (exact) mass is 410 g/mol. The highest BCUT2D eigenvalue weighted by atomic mass is 35.5. The predicted octanol–water partition coefficient (Wildman–Crippen LogP) is 3.95. The largest absolute Gasteiger partial charge is 0.369 e. The number of carbonyl (C=O) groups excluding carboxylic acids is 1. The van der Waals surface area contributed by atoms with Crippen molar-refractivity contribution in [3.05, 3.63) is 57.2 Å². The number of aromatic amines is 1. The van der Waals surface area contributed by atoms with Crippen LogP contribution in [0.1, 0.15) is 16.8 Å². The van der Waals surface area contributed by atoms with E-state index in [0.29, 0.717) is 15.9 Å². The number of primary amides is 1. The molecule has 3 aromatic rings. The predicted molar refractivity (Wildman–Crippen MR) is 103 cm³/mol. The molecule has 136 valence electrons. The van der Waals surface area contributed by atoms with Gasteiger partial charge in [-0.2, -0.15) is 0 Å². The van der Waals surface area contributed by atoms with Gasteiger partial charge in [0.25, 0.3) is 0 Å². The Balaban J connectivity index is 2.39. The minimum absolute atomic E-state index is 0.0271. The second-order valence-corrected chi connectivity index (χ2v) is 8.94. The van der Waals surface area contributed by atoms with Gasteiger partial charge in [0.05, 0.1) is 21.9 Å². The smallest absolute Gasteiger partial charge is 0.223 e. The first-order chi connectivity index (χ1) is 12.1. The van der Waals surface area contributed by atoms with Crippen molar-refractivity contribution in [2.75, 3.05) is 0 Å². The molecule has 3 rings (SSSR count). The Bertz CT molecular complexity index is 1130. The number of hydrogen-bond donors (Lipinski definition) is 2. The molecule has 2 aromatic carbocycles. The van der Waals surface area contributed by atoms with Crippen molar-refractivity contribution < 1.29 is 13.2 Å². The van der Waals surface area contributed by atoms with Crippen LogP contribution in [0, 0.1) is 13.8 Å². The van der Waals surface area contributed by atoms with E-state index in [9.17, 15) is 13.2 Å². The normalized spacial score (nSPS) is 11.8. The number of benzene rings is 2. The van der Waals surface area contributed by atoms with Gasteiger partial charge in [-0.25, -0.2) is 8.42 Å². The van der Waals surface area contributed by atoms with Gasteiger partial charge < -0.3 is 10.7 Å². The van der Waals surface area contributed by atoms with Gasteiger partial charge in [0.2, 0.25) is 15.7 Å². The van der Waals surface area contributed by atoms with E-state index in [2.05, 4.69) is 4.98 Å². The lowest BCUT2D eigenvalue weighted by atomic mass is 10.2. The molecule has 0 aliphatic rings. The van der Waals surface area contributed by atoms with Crippen LogP contribution in [0.2, 0.25) is 10.0 Å². The van der Waals surface area contributed by atoms with Crippen LogP contribution in [-0.2, 0) is 21.1 Å². The number of carbonyl (C=O) groups is 1. The molecule has 0 saturated carbocycles. The number of aryl methyl sites for hydroxylation is 2. The van der Waals surface area contributed by atoms with E-state index in [4.69, 9.17) is 28.9 Å². The molecule has 0 aliphatic heterocycles. The third-order valence-corrected chi connectivity index (χ3v) is 6.35. The number of nitrogens with two attached hydrogens (primary N) is 1. The SMILES string of the molecule is Cc1cc(C)cc(S(=O)(=O)c2c(CC(N)=O)[nH]c3c(Cl)cc(Cl)cc23)c1. The van der Waals surface area contributed by atoms with E-state index >= 15 is 0 Å². The topological polar surface area (TPSA) is 93.0 Å². The summed E-state index contributed by atoms with van der Waals surface area (Å²) in [5, 5.41) is 0.891. The van der Waals surface area contributed by atoms with Crippen LogP contribution in [0.25, 0.3) is 10.9 Å². The first-order valence-electron chi connectivity index (χ1n) is 7.71. The van der Waals surface area contributed by atoms with Crippen LogP contribution < -0.4 is 5.73 Å². The minimum Gasteiger partial charge on any atom is -0.369 e. The summed E-state index contributed by atoms with van der Waals surface area (Å²) in [6.45, 7) is 3.64. The first-order valence-corrected chi connectivity index (χ1v) is 9.95. The minimum atomic E-state index is -3.93. The molecule has 0 fully saturated rings. The zero-order valence-corrected chi connectivity index (χ0v) is 16.4. The van der Waals surface area contributed by atoms with E-state index < -0.39 is 15.7 Å². The second kappa shape index (κ2) is 6.61. The number of rotatable bonds is 4. The molecule has 8 heteroatoms. The standard InChI is InChI=1S/C18H16Cl2N2O3S/c1-9-3-10(2)5-12(4-9)26(24,25)18-13-6-11(19)7-14(20)17(13)22-15(18)8-16(21)23/h3-7,22H,8H2,1-2H3,(H2,21,23). The molecule has 0 saturated heterocycles. The number of sulfone groups is 1. The van der Waals surface area contributed by atoms with E-state index in [1.54, 1.807) is 12.1 Å². The zero-order chi connectivity index (χ0) is 19.2. The van der Waals surface area contributed by atoms with Crippen LogP contribution in [0.4, 0.5) is 0 Å². The Morgan fingerprint density at radius 1 is 1.08 bits per heavy atom. The van der Waals surface area contributed by atoms with Crippen molar-refractivity contribution in [2.24, 2.45) is 5.73 Å². The molecular formula is C18H16Cl2N2O3S. The highest BCUT2D eigenvalue weighted by Crippen LogP contribution is 2.37. The molecule has 0 spiro atoms. The average molecular weight is 411 g/mol. The van der Waals surface area contributed by atoms with E-state index in [1.165, 1.54) is 12.1 Å². The molecule has 0 aliphatic carbocycles. The molecule has 0 bridgehead atoms. The van der Waals surface area contributed by atoms with Gasteiger partial charge in [-0.15, -0.1) is 0 Å². The van der Waals surface area contributed by atoms with Crippen LogP contribution in [0.3, 0.4) is 0 Å². The summed E-state index contributed by atoms with van der Waals surface area (Å²) >= 11 is 12.3. The summed E-state index contributed by atoms with van der Waals surface area (Å²) < 4.78 is 26.8. The maximum Gasteiger partial charge on any atom is 0.223 e. The maximum absolute atomic E-state index is 13.4.